The molecular weight excluding hydrogens is 231 g/mol. The third kappa shape index (κ3) is 5.85. The molecule has 0 saturated carbocycles. The minimum atomic E-state index is -4.45. The average molecular weight is 239 g/mol. The minimum Gasteiger partial charge on any atom is -0.336 e. The zero-order valence-corrected chi connectivity index (χ0v) is 13.2. The van der Waals surface area contributed by atoms with Crippen LogP contribution in [0.5, 0.6) is 0 Å². The number of rotatable bonds is 1. The molecule has 0 bridgehead atoms. The fourth-order valence-electron chi connectivity index (χ4n) is 0.775. The van der Waals surface area contributed by atoms with Gasteiger partial charge in [0.25, 0.3) is 0 Å². The third-order valence-corrected chi connectivity index (χ3v) is 1.67. The van der Waals surface area contributed by atoms with Crippen LogP contribution in [-0.4, -0.2) is 99.3 Å². The summed E-state index contributed by atoms with van der Waals surface area (Å²) in [5.74, 6) is -0.418. The van der Waals surface area contributed by atoms with Gasteiger partial charge in [0.05, 0.1) is 6.54 Å². The van der Waals surface area contributed by atoms with E-state index in [0.717, 1.165) is 0 Å². The molecule has 0 aromatic heterocycles. The molecule has 1 amide bonds. The Morgan fingerprint density at radius 1 is 1.50 bits per heavy atom. The van der Waals surface area contributed by atoms with Crippen LogP contribution in [0.3, 0.4) is 0 Å². The van der Waals surface area contributed by atoms with E-state index >= 15 is 0 Å². The van der Waals surface area contributed by atoms with Gasteiger partial charge >= 0.3 is 7.75 Å². The van der Waals surface area contributed by atoms with E-state index in [1.54, 1.807) is 0 Å². The molecule has 2 radical (unpaired) electrons. The predicted molar refractivity (Wildman–Crippen MR) is 51.8 cm³/mol. The Morgan fingerprint density at radius 2 is 2.00 bits per heavy atom. The van der Waals surface area contributed by atoms with E-state index in [9.17, 15) is 9.36 Å². The van der Waals surface area contributed by atoms with Crippen LogP contribution in [0, 0.1) is 0 Å². The standard InChI is InChI=1S/C4H8N3O4P.2Na/c1-7-2-3(8)5-4(7)6-12(9,10)11;;/h2H2,1H3,(H3,5,6,8,9,10,11);;. The van der Waals surface area contributed by atoms with Crippen molar-refractivity contribution in [1.82, 2.24) is 10.2 Å². The summed E-state index contributed by atoms with van der Waals surface area (Å²) in [5.41, 5.74) is 0. The molecule has 0 spiro atoms. The third-order valence-electron chi connectivity index (χ3n) is 1.22. The van der Waals surface area contributed by atoms with Crippen LogP contribution in [0.15, 0.2) is 4.76 Å². The summed E-state index contributed by atoms with van der Waals surface area (Å²) in [4.78, 5) is 28.8. The molecule has 1 saturated heterocycles. The molecule has 70 valence electrons. The molecule has 1 aliphatic heterocycles. The van der Waals surface area contributed by atoms with Gasteiger partial charge in [0, 0.05) is 66.2 Å². The summed E-state index contributed by atoms with van der Waals surface area (Å²) in [5, 5.41) is 2.20. The van der Waals surface area contributed by atoms with Crippen molar-refractivity contribution in [3.05, 3.63) is 0 Å². The molecule has 0 atom stereocenters. The van der Waals surface area contributed by atoms with Gasteiger partial charge in [-0.2, -0.15) is 0 Å². The number of amides is 1. The quantitative estimate of drug-likeness (QED) is 0.354. The zero-order valence-electron chi connectivity index (χ0n) is 8.26. The van der Waals surface area contributed by atoms with Crippen molar-refractivity contribution in [2.45, 2.75) is 0 Å². The number of hydrogen-bond acceptors (Lipinski definition) is 2. The van der Waals surface area contributed by atoms with E-state index < -0.39 is 7.75 Å². The van der Waals surface area contributed by atoms with Gasteiger partial charge in [-0.3, -0.25) is 10.1 Å². The molecule has 1 rings (SSSR count). The Balaban J connectivity index is 0. The summed E-state index contributed by atoms with van der Waals surface area (Å²) < 4.78 is 13.4. The molecule has 0 aromatic carbocycles. The molecule has 10 heteroatoms. The number of nitrogens with zero attached hydrogens (tertiary/aromatic N) is 2. The van der Waals surface area contributed by atoms with E-state index in [2.05, 4.69) is 10.1 Å². The summed E-state index contributed by atoms with van der Waals surface area (Å²) in [6.45, 7) is 0.0683. The number of carbonyl (C=O) groups is 1. The SMILES string of the molecule is CN1CC(=O)N/C1=N\P(=O)(O)O.[Na].[Na]. The van der Waals surface area contributed by atoms with Crippen LogP contribution in [-0.2, 0) is 9.36 Å². The van der Waals surface area contributed by atoms with Crippen LogP contribution < -0.4 is 5.32 Å². The first kappa shape index (κ1) is 17.5. The largest absolute Gasteiger partial charge is 0.451 e. The first-order chi connectivity index (χ1) is 5.38. The second-order valence-corrected chi connectivity index (χ2v) is 3.57. The van der Waals surface area contributed by atoms with Crippen LogP contribution >= 0.6 is 7.75 Å². The minimum absolute atomic E-state index is 0. The maximum atomic E-state index is 10.7. The van der Waals surface area contributed by atoms with Crippen LogP contribution in [0.4, 0.5) is 0 Å². The maximum Gasteiger partial charge on any atom is 0.451 e. The monoisotopic (exact) mass is 239 g/mol. The van der Waals surface area contributed by atoms with Crippen LogP contribution in [0.2, 0.25) is 0 Å². The van der Waals surface area contributed by atoms with Gasteiger partial charge in [-0.25, -0.2) is 4.57 Å². The van der Waals surface area contributed by atoms with Gasteiger partial charge in [0.2, 0.25) is 11.9 Å². The van der Waals surface area contributed by atoms with Crippen molar-refractivity contribution in [2.75, 3.05) is 13.6 Å². The zero-order chi connectivity index (χ0) is 9.35. The molecular formula is C4H8N3Na2O4P. The van der Waals surface area contributed by atoms with Crippen molar-refractivity contribution < 1.29 is 19.1 Å². The Morgan fingerprint density at radius 3 is 2.29 bits per heavy atom. The Hall–Kier alpha value is 1.09. The normalized spacial score (nSPS) is 18.6. The van der Waals surface area contributed by atoms with E-state index in [-0.39, 0.29) is 77.5 Å². The predicted octanol–water partition coefficient (Wildman–Crippen LogP) is -2.26. The van der Waals surface area contributed by atoms with Crippen molar-refractivity contribution in [3.63, 3.8) is 0 Å². The smallest absolute Gasteiger partial charge is 0.336 e. The van der Waals surface area contributed by atoms with Gasteiger partial charge in [0.15, 0.2) is 0 Å². The fraction of sp³-hybridized carbons (Fsp3) is 0.500. The molecule has 7 nitrogen and oxygen atoms in total. The van der Waals surface area contributed by atoms with Gasteiger partial charge in [-0.1, -0.05) is 0 Å². The Labute approximate surface area is 125 Å². The van der Waals surface area contributed by atoms with Gasteiger partial charge in [-0.15, -0.1) is 4.76 Å². The number of guanidine groups is 1. The Bertz CT molecular complexity index is 290. The number of hydrogen-bond donors (Lipinski definition) is 3. The maximum absolute atomic E-state index is 10.7. The van der Waals surface area contributed by atoms with Crippen molar-refractivity contribution in [2.24, 2.45) is 4.76 Å². The summed E-state index contributed by atoms with van der Waals surface area (Å²) in [6, 6.07) is 0. The first-order valence-electron chi connectivity index (χ1n) is 3.05. The molecule has 0 aromatic rings. The molecule has 14 heavy (non-hydrogen) atoms. The van der Waals surface area contributed by atoms with E-state index in [4.69, 9.17) is 9.79 Å². The average Bonchev–Trinajstić information content (AvgIpc) is 2.06. The fourth-order valence-corrected chi connectivity index (χ4v) is 1.22. The van der Waals surface area contributed by atoms with Crippen molar-refractivity contribution >= 4 is 78.7 Å². The summed E-state index contributed by atoms with van der Waals surface area (Å²) >= 11 is 0. The van der Waals surface area contributed by atoms with E-state index in [0.29, 0.717) is 0 Å². The Kier molecular flexibility index (Phi) is 8.27. The second-order valence-electron chi connectivity index (χ2n) is 2.34. The van der Waals surface area contributed by atoms with Gasteiger partial charge in [0.1, 0.15) is 0 Å². The van der Waals surface area contributed by atoms with E-state index in [1.807, 2.05) is 0 Å². The molecule has 1 fully saturated rings. The first-order valence-corrected chi connectivity index (χ1v) is 4.62. The van der Waals surface area contributed by atoms with E-state index in [1.165, 1.54) is 11.9 Å². The molecule has 1 heterocycles. The van der Waals surface area contributed by atoms with Crippen LogP contribution in [0.1, 0.15) is 0 Å². The second kappa shape index (κ2) is 6.62. The van der Waals surface area contributed by atoms with Crippen LogP contribution in [0.25, 0.3) is 0 Å². The molecule has 0 aliphatic carbocycles. The summed E-state index contributed by atoms with van der Waals surface area (Å²) in [7, 11) is -2.94. The van der Waals surface area contributed by atoms with Gasteiger partial charge < -0.3 is 14.7 Å². The van der Waals surface area contributed by atoms with Crippen molar-refractivity contribution in [1.29, 1.82) is 0 Å². The molecule has 1 aliphatic rings. The molecule has 3 N–H and O–H groups in total. The topological polar surface area (TPSA) is 102 Å². The van der Waals surface area contributed by atoms with Gasteiger partial charge in [-0.05, 0) is 0 Å². The number of likely N-dealkylation sites (N-methyl/N-ethyl adjacent to an activating group) is 1. The molecule has 0 unspecified atom stereocenters. The summed E-state index contributed by atoms with van der Waals surface area (Å²) in [6.07, 6.45) is 0. The van der Waals surface area contributed by atoms with Crippen molar-refractivity contribution in [3.8, 4) is 0 Å². The number of carbonyl (C=O) groups excluding carboxylic acids is 1. The number of nitrogens with one attached hydrogen (secondary N) is 1.